The number of nitrogens with zero attached hydrogens (tertiary/aromatic N) is 3. The molecule has 2 aromatic rings. The van der Waals surface area contributed by atoms with Crippen molar-refractivity contribution >= 4 is 23.1 Å². The Kier molecular flexibility index (Phi) is 3.96. The Morgan fingerprint density at radius 2 is 2.21 bits per heavy atom. The Morgan fingerprint density at radius 3 is 2.89 bits per heavy atom. The molecule has 0 aliphatic rings. The zero-order valence-corrected chi connectivity index (χ0v) is 11.1. The number of benzene rings is 1. The second-order valence-electron chi connectivity index (χ2n) is 3.91. The number of non-ortho nitro benzene ring substituents is 1. The molecular formula is C12H12N4O2S. The molecule has 0 bridgehead atoms. The van der Waals surface area contributed by atoms with E-state index in [0.717, 1.165) is 5.69 Å². The molecule has 98 valence electrons. The number of nitrogens with two attached hydrogens (primary N) is 1. The second kappa shape index (κ2) is 5.66. The van der Waals surface area contributed by atoms with Gasteiger partial charge >= 0.3 is 0 Å². The SMILES string of the molecule is Cc1ccnc(SCc2cc([N+](=O)[O-])ccc2N)n1. The molecule has 1 aromatic heterocycles. The van der Waals surface area contributed by atoms with Crippen LogP contribution in [0.1, 0.15) is 11.3 Å². The average Bonchev–Trinajstić information content (AvgIpc) is 2.37. The van der Waals surface area contributed by atoms with E-state index in [-0.39, 0.29) is 5.69 Å². The van der Waals surface area contributed by atoms with Crippen molar-refractivity contribution < 1.29 is 4.92 Å². The Balaban J connectivity index is 2.15. The van der Waals surface area contributed by atoms with E-state index < -0.39 is 4.92 Å². The van der Waals surface area contributed by atoms with Crippen LogP contribution in [0.15, 0.2) is 35.6 Å². The first-order chi connectivity index (χ1) is 9.06. The van der Waals surface area contributed by atoms with E-state index in [1.807, 2.05) is 13.0 Å². The highest BCUT2D eigenvalue weighted by molar-refractivity contribution is 7.98. The summed E-state index contributed by atoms with van der Waals surface area (Å²) in [5.74, 6) is 0.497. The van der Waals surface area contributed by atoms with Crippen molar-refractivity contribution in [1.82, 2.24) is 9.97 Å². The van der Waals surface area contributed by atoms with Crippen LogP contribution in [0.5, 0.6) is 0 Å². The third kappa shape index (κ3) is 3.41. The summed E-state index contributed by atoms with van der Waals surface area (Å²) in [7, 11) is 0. The number of anilines is 1. The summed E-state index contributed by atoms with van der Waals surface area (Å²) in [5.41, 5.74) is 7.97. The fourth-order valence-corrected chi connectivity index (χ4v) is 2.35. The van der Waals surface area contributed by atoms with Crippen LogP contribution >= 0.6 is 11.8 Å². The van der Waals surface area contributed by atoms with E-state index in [4.69, 9.17) is 5.73 Å². The molecule has 0 aliphatic heterocycles. The molecule has 1 heterocycles. The number of aryl methyl sites for hydroxylation is 1. The Hall–Kier alpha value is -2.15. The highest BCUT2D eigenvalue weighted by Gasteiger charge is 2.10. The zero-order valence-electron chi connectivity index (χ0n) is 10.2. The zero-order chi connectivity index (χ0) is 13.8. The fourth-order valence-electron chi connectivity index (χ4n) is 1.47. The van der Waals surface area contributed by atoms with Crippen LogP contribution in [0.3, 0.4) is 0 Å². The van der Waals surface area contributed by atoms with Gasteiger partial charge in [0.25, 0.3) is 5.69 Å². The molecule has 6 nitrogen and oxygen atoms in total. The molecule has 0 fully saturated rings. The molecule has 0 saturated heterocycles. The van der Waals surface area contributed by atoms with Gasteiger partial charge in [-0.05, 0) is 24.6 Å². The van der Waals surface area contributed by atoms with Crippen molar-refractivity contribution in [1.29, 1.82) is 0 Å². The first kappa shape index (κ1) is 13.3. The van der Waals surface area contributed by atoms with Crippen molar-refractivity contribution in [2.45, 2.75) is 17.8 Å². The minimum Gasteiger partial charge on any atom is -0.398 e. The van der Waals surface area contributed by atoms with Crippen molar-refractivity contribution in [3.8, 4) is 0 Å². The Labute approximate surface area is 114 Å². The first-order valence-corrected chi connectivity index (χ1v) is 6.50. The lowest BCUT2D eigenvalue weighted by Crippen LogP contribution is -1.96. The van der Waals surface area contributed by atoms with Crippen molar-refractivity contribution in [3.63, 3.8) is 0 Å². The van der Waals surface area contributed by atoms with Crippen LogP contribution in [-0.4, -0.2) is 14.9 Å². The van der Waals surface area contributed by atoms with E-state index in [1.54, 1.807) is 12.3 Å². The molecule has 2 N–H and O–H groups in total. The largest absolute Gasteiger partial charge is 0.398 e. The van der Waals surface area contributed by atoms with Gasteiger partial charge in [0.1, 0.15) is 0 Å². The van der Waals surface area contributed by atoms with Crippen molar-refractivity contribution in [3.05, 3.63) is 51.8 Å². The van der Waals surface area contributed by atoms with E-state index in [1.165, 1.54) is 23.9 Å². The van der Waals surface area contributed by atoms with E-state index in [2.05, 4.69) is 9.97 Å². The molecule has 19 heavy (non-hydrogen) atoms. The maximum Gasteiger partial charge on any atom is 0.269 e. The molecule has 0 radical (unpaired) electrons. The minimum absolute atomic E-state index is 0.0370. The summed E-state index contributed by atoms with van der Waals surface area (Å²) < 4.78 is 0. The van der Waals surface area contributed by atoms with Crippen molar-refractivity contribution in [2.75, 3.05) is 5.73 Å². The van der Waals surface area contributed by atoms with Gasteiger partial charge < -0.3 is 5.73 Å². The molecule has 7 heteroatoms. The fraction of sp³-hybridized carbons (Fsp3) is 0.167. The van der Waals surface area contributed by atoms with Gasteiger partial charge in [0, 0.05) is 35.5 Å². The molecule has 0 atom stereocenters. The van der Waals surface area contributed by atoms with Crippen LogP contribution in [-0.2, 0) is 5.75 Å². The first-order valence-electron chi connectivity index (χ1n) is 5.51. The summed E-state index contributed by atoms with van der Waals surface area (Å²) in [5, 5.41) is 11.3. The quantitative estimate of drug-likeness (QED) is 0.303. The summed E-state index contributed by atoms with van der Waals surface area (Å²) in [4.78, 5) is 18.7. The lowest BCUT2D eigenvalue weighted by Gasteiger charge is -2.05. The molecule has 0 aliphatic carbocycles. The predicted molar refractivity (Wildman–Crippen MR) is 73.8 cm³/mol. The summed E-state index contributed by atoms with van der Waals surface area (Å²) >= 11 is 1.40. The van der Waals surface area contributed by atoms with Crippen LogP contribution in [0, 0.1) is 17.0 Å². The van der Waals surface area contributed by atoms with Gasteiger partial charge in [-0.3, -0.25) is 10.1 Å². The normalized spacial score (nSPS) is 10.4. The molecule has 0 saturated carbocycles. The highest BCUT2D eigenvalue weighted by atomic mass is 32.2. The van der Waals surface area contributed by atoms with Gasteiger partial charge in [0.15, 0.2) is 5.16 Å². The summed E-state index contributed by atoms with van der Waals surface area (Å²) in [6, 6.07) is 6.24. The topological polar surface area (TPSA) is 94.9 Å². The van der Waals surface area contributed by atoms with E-state index >= 15 is 0 Å². The molecule has 0 spiro atoms. The van der Waals surface area contributed by atoms with E-state index in [0.29, 0.717) is 22.2 Å². The van der Waals surface area contributed by atoms with Gasteiger partial charge in [-0.15, -0.1) is 0 Å². The average molecular weight is 276 g/mol. The van der Waals surface area contributed by atoms with Gasteiger partial charge in [-0.25, -0.2) is 9.97 Å². The van der Waals surface area contributed by atoms with Crippen LogP contribution < -0.4 is 5.73 Å². The standard InChI is InChI=1S/C12H12N4O2S/c1-8-4-5-14-12(15-8)19-7-9-6-10(16(17)18)2-3-11(9)13/h2-6H,7,13H2,1H3. The number of nitro groups is 1. The number of hydrogen-bond acceptors (Lipinski definition) is 6. The van der Waals surface area contributed by atoms with Gasteiger partial charge in [0.2, 0.25) is 0 Å². The lowest BCUT2D eigenvalue weighted by atomic mass is 10.2. The van der Waals surface area contributed by atoms with Crippen LogP contribution in [0.2, 0.25) is 0 Å². The minimum atomic E-state index is -0.434. The third-order valence-corrected chi connectivity index (χ3v) is 3.38. The highest BCUT2D eigenvalue weighted by Crippen LogP contribution is 2.26. The number of rotatable bonds is 4. The monoisotopic (exact) mass is 276 g/mol. The van der Waals surface area contributed by atoms with Crippen LogP contribution in [0.25, 0.3) is 0 Å². The maximum atomic E-state index is 10.7. The molecule has 1 aromatic carbocycles. The Morgan fingerprint density at radius 1 is 1.42 bits per heavy atom. The van der Waals surface area contributed by atoms with Crippen molar-refractivity contribution in [2.24, 2.45) is 0 Å². The number of nitro benzene ring substituents is 1. The lowest BCUT2D eigenvalue weighted by molar-refractivity contribution is -0.384. The second-order valence-corrected chi connectivity index (χ2v) is 4.85. The van der Waals surface area contributed by atoms with Gasteiger partial charge in [0.05, 0.1) is 4.92 Å². The third-order valence-electron chi connectivity index (χ3n) is 2.47. The number of hydrogen-bond donors (Lipinski definition) is 1. The Bertz CT molecular complexity index is 618. The molecular weight excluding hydrogens is 264 g/mol. The smallest absolute Gasteiger partial charge is 0.269 e. The number of thioether (sulfide) groups is 1. The van der Waals surface area contributed by atoms with Gasteiger partial charge in [-0.2, -0.15) is 0 Å². The van der Waals surface area contributed by atoms with E-state index in [9.17, 15) is 10.1 Å². The predicted octanol–water partition coefficient (Wildman–Crippen LogP) is 2.57. The summed E-state index contributed by atoms with van der Waals surface area (Å²) in [6.07, 6.45) is 1.68. The molecule has 0 unspecified atom stereocenters. The number of nitrogen functional groups attached to an aromatic ring is 1. The molecule has 2 rings (SSSR count). The number of aromatic nitrogens is 2. The molecule has 0 amide bonds. The summed E-state index contributed by atoms with van der Waals surface area (Å²) in [6.45, 7) is 1.88. The van der Waals surface area contributed by atoms with Crippen LogP contribution in [0.4, 0.5) is 11.4 Å². The van der Waals surface area contributed by atoms with Gasteiger partial charge in [-0.1, -0.05) is 11.8 Å². The maximum absolute atomic E-state index is 10.7.